The van der Waals surface area contributed by atoms with Crippen LogP contribution in [-0.4, -0.2) is 21.8 Å². The zero-order valence-corrected chi connectivity index (χ0v) is 10.4. The van der Waals surface area contributed by atoms with Crippen LogP contribution < -0.4 is 5.73 Å². The lowest BCUT2D eigenvalue weighted by Gasteiger charge is -2.24. The second-order valence-electron chi connectivity index (χ2n) is 3.56. The van der Waals surface area contributed by atoms with Crippen molar-refractivity contribution in [1.29, 1.82) is 0 Å². The van der Waals surface area contributed by atoms with Gasteiger partial charge in [0.2, 0.25) is 0 Å². The van der Waals surface area contributed by atoms with Crippen LogP contribution in [0.3, 0.4) is 0 Å². The van der Waals surface area contributed by atoms with Gasteiger partial charge >= 0.3 is 0 Å². The van der Waals surface area contributed by atoms with Crippen LogP contribution in [0.1, 0.15) is 12.1 Å². The fraction of sp³-hybridized carbons (Fsp3) is 0.364. The van der Waals surface area contributed by atoms with E-state index in [1.807, 2.05) is 12.1 Å². The molecule has 0 radical (unpaired) electrons. The van der Waals surface area contributed by atoms with E-state index in [4.69, 9.17) is 17.3 Å². The Morgan fingerprint density at radius 1 is 1.56 bits per heavy atom. The van der Waals surface area contributed by atoms with E-state index in [2.05, 4.69) is 21.5 Å². The third-order valence-corrected chi connectivity index (χ3v) is 3.88. The second kappa shape index (κ2) is 5.57. The highest BCUT2D eigenvalue weighted by molar-refractivity contribution is 8.02. The van der Waals surface area contributed by atoms with E-state index in [1.165, 1.54) is 0 Å². The fourth-order valence-electron chi connectivity index (χ4n) is 1.62. The minimum absolute atomic E-state index is 0.420. The number of pyridine rings is 1. The molecule has 16 heavy (non-hydrogen) atoms. The van der Waals surface area contributed by atoms with E-state index in [1.54, 1.807) is 18.0 Å². The molecule has 5 heteroatoms. The summed E-state index contributed by atoms with van der Waals surface area (Å²) in [5.41, 5.74) is 6.50. The molecule has 2 N–H and O–H groups in total. The Labute approximate surface area is 105 Å². The highest BCUT2D eigenvalue weighted by Crippen LogP contribution is 2.29. The van der Waals surface area contributed by atoms with Gasteiger partial charge in [0, 0.05) is 12.4 Å². The maximum atomic E-state index is 6.08. The molecule has 0 fully saturated rings. The Kier molecular flexibility index (Phi) is 4.09. The van der Waals surface area contributed by atoms with Crippen LogP contribution in [0, 0.1) is 0 Å². The van der Waals surface area contributed by atoms with Gasteiger partial charge in [-0.2, -0.15) is 0 Å². The van der Waals surface area contributed by atoms with Gasteiger partial charge < -0.3 is 10.6 Å². The molecule has 0 bridgehead atoms. The molecule has 2 heterocycles. The van der Waals surface area contributed by atoms with Crippen molar-refractivity contribution in [2.45, 2.75) is 18.3 Å². The minimum Gasteiger partial charge on any atom is -0.359 e. The molecule has 2 rings (SSSR count). The molecule has 0 aromatic carbocycles. The van der Waals surface area contributed by atoms with E-state index >= 15 is 0 Å². The fourth-order valence-corrected chi connectivity index (χ4v) is 2.78. The summed E-state index contributed by atoms with van der Waals surface area (Å²) >= 11 is 7.88. The molecule has 3 nitrogen and oxygen atoms in total. The van der Waals surface area contributed by atoms with Gasteiger partial charge in [-0.15, -0.1) is 11.8 Å². The van der Waals surface area contributed by atoms with Crippen molar-refractivity contribution < 1.29 is 0 Å². The van der Waals surface area contributed by atoms with Gasteiger partial charge in [0.25, 0.3) is 0 Å². The predicted octanol–water partition coefficient (Wildman–Crippen LogP) is 2.43. The van der Waals surface area contributed by atoms with Crippen LogP contribution in [0.25, 0.3) is 0 Å². The maximum absolute atomic E-state index is 6.08. The van der Waals surface area contributed by atoms with E-state index in [9.17, 15) is 0 Å². The normalized spacial score (nSPS) is 19.4. The summed E-state index contributed by atoms with van der Waals surface area (Å²) in [5.74, 6) is 0. The smallest absolute Gasteiger partial charge is 0.0802 e. The lowest BCUT2D eigenvalue weighted by molar-refractivity contribution is 0.339. The van der Waals surface area contributed by atoms with Gasteiger partial charge in [0.05, 0.1) is 22.6 Å². The molecule has 0 amide bonds. The zero-order valence-electron chi connectivity index (χ0n) is 8.84. The Bertz CT molecular complexity index is 383. The molecule has 0 aliphatic carbocycles. The summed E-state index contributed by atoms with van der Waals surface area (Å²) in [4.78, 5) is 6.52. The number of nitrogens with zero attached hydrogens (tertiary/aromatic N) is 2. The lowest BCUT2D eigenvalue weighted by Crippen LogP contribution is -2.27. The average Bonchev–Trinajstić information content (AvgIpc) is 2.70. The molecule has 86 valence electrons. The van der Waals surface area contributed by atoms with Gasteiger partial charge in [-0.25, -0.2) is 0 Å². The predicted molar refractivity (Wildman–Crippen MR) is 69.0 cm³/mol. The molecule has 1 aromatic heterocycles. The number of aromatic nitrogens is 1. The van der Waals surface area contributed by atoms with Gasteiger partial charge in [-0.3, -0.25) is 4.98 Å². The van der Waals surface area contributed by atoms with Crippen molar-refractivity contribution >= 4 is 23.4 Å². The molecule has 1 aliphatic heterocycles. The Hall–Kier alpha value is -0.710. The Balaban J connectivity index is 2.04. The van der Waals surface area contributed by atoms with Crippen molar-refractivity contribution in [2.24, 2.45) is 5.73 Å². The van der Waals surface area contributed by atoms with Gasteiger partial charge in [-0.05, 0) is 30.5 Å². The lowest BCUT2D eigenvalue weighted by atomic mass is 10.3. The molecular weight excluding hydrogens is 242 g/mol. The molecule has 0 spiro atoms. The monoisotopic (exact) mass is 255 g/mol. The van der Waals surface area contributed by atoms with Gasteiger partial charge in [-0.1, -0.05) is 11.6 Å². The summed E-state index contributed by atoms with van der Waals surface area (Å²) in [6.45, 7) is 1.44. The molecule has 0 saturated carbocycles. The standard InChI is InChI=1S/C11H14ClN3S/c12-9-2-1-5-14-10(9)8-15-6-7-16-11(15)3-4-13/h1-2,5-7,11H,3-4,8,13H2. The van der Waals surface area contributed by atoms with E-state index < -0.39 is 0 Å². The molecular formula is C11H14ClN3S. The molecule has 1 aliphatic rings. The number of halogens is 1. The van der Waals surface area contributed by atoms with Crippen molar-refractivity contribution in [3.63, 3.8) is 0 Å². The van der Waals surface area contributed by atoms with Crippen molar-refractivity contribution in [2.75, 3.05) is 6.54 Å². The molecule has 1 aromatic rings. The van der Waals surface area contributed by atoms with E-state index in [-0.39, 0.29) is 0 Å². The number of rotatable bonds is 4. The highest BCUT2D eigenvalue weighted by atomic mass is 35.5. The van der Waals surface area contributed by atoms with Crippen LogP contribution in [0.15, 0.2) is 29.9 Å². The Morgan fingerprint density at radius 3 is 3.19 bits per heavy atom. The summed E-state index contributed by atoms with van der Waals surface area (Å²) in [5, 5.41) is 3.24. The SMILES string of the molecule is NCCC1SC=CN1Cc1ncccc1Cl. The van der Waals surface area contributed by atoms with Crippen LogP contribution in [0.4, 0.5) is 0 Å². The van der Waals surface area contributed by atoms with Crippen LogP contribution in [0.5, 0.6) is 0 Å². The van der Waals surface area contributed by atoms with E-state index in [0.717, 1.165) is 23.7 Å². The second-order valence-corrected chi connectivity index (χ2v) is 5.05. The van der Waals surface area contributed by atoms with Crippen molar-refractivity contribution in [1.82, 2.24) is 9.88 Å². The summed E-state index contributed by atoms with van der Waals surface area (Å²) in [6, 6.07) is 3.71. The Morgan fingerprint density at radius 2 is 2.44 bits per heavy atom. The number of thioether (sulfide) groups is 1. The zero-order chi connectivity index (χ0) is 11.4. The maximum Gasteiger partial charge on any atom is 0.0802 e. The summed E-state index contributed by atoms with van der Waals surface area (Å²) < 4.78 is 0. The summed E-state index contributed by atoms with van der Waals surface area (Å²) in [7, 11) is 0. The molecule has 1 atom stereocenters. The largest absolute Gasteiger partial charge is 0.359 e. The van der Waals surface area contributed by atoms with Gasteiger partial charge in [0.15, 0.2) is 0 Å². The summed E-state index contributed by atoms with van der Waals surface area (Å²) in [6.07, 6.45) is 4.82. The van der Waals surface area contributed by atoms with Crippen LogP contribution >= 0.6 is 23.4 Å². The first-order valence-corrected chi connectivity index (χ1v) is 6.50. The van der Waals surface area contributed by atoms with Crippen LogP contribution in [0.2, 0.25) is 5.02 Å². The van der Waals surface area contributed by atoms with E-state index in [0.29, 0.717) is 11.9 Å². The first kappa shape index (κ1) is 11.8. The first-order chi connectivity index (χ1) is 7.81. The molecule has 0 saturated heterocycles. The minimum atomic E-state index is 0.420. The highest BCUT2D eigenvalue weighted by Gasteiger charge is 2.20. The average molecular weight is 256 g/mol. The first-order valence-electron chi connectivity index (χ1n) is 5.18. The van der Waals surface area contributed by atoms with Gasteiger partial charge in [0.1, 0.15) is 0 Å². The third-order valence-electron chi connectivity index (χ3n) is 2.44. The van der Waals surface area contributed by atoms with Crippen molar-refractivity contribution in [3.05, 3.63) is 40.7 Å². The number of hydrogen-bond donors (Lipinski definition) is 1. The number of hydrogen-bond acceptors (Lipinski definition) is 4. The topological polar surface area (TPSA) is 42.1 Å². The molecule has 1 unspecified atom stereocenters. The third kappa shape index (κ3) is 2.70. The number of nitrogens with two attached hydrogens (primary N) is 1. The van der Waals surface area contributed by atoms with Crippen molar-refractivity contribution in [3.8, 4) is 0 Å². The van der Waals surface area contributed by atoms with Crippen LogP contribution in [-0.2, 0) is 6.54 Å². The quantitative estimate of drug-likeness (QED) is 0.897.